The maximum Gasteiger partial charge on any atom is 0.417 e. The van der Waals surface area contributed by atoms with Gasteiger partial charge in [0.05, 0.1) is 14.2 Å². The zero-order chi connectivity index (χ0) is 14.0. The summed E-state index contributed by atoms with van der Waals surface area (Å²) < 4.78 is 47.6. The maximum atomic E-state index is 12.5. The van der Waals surface area contributed by atoms with Gasteiger partial charge in [0.1, 0.15) is 0 Å². The van der Waals surface area contributed by atoms with Crippen molar-refractivity contribution in [1.82, 2.24) is 0 Å². The molecule has 1 aromatic carbocycles. The Morgan fingerprint density at radius 3 is 2.11 bits per heavy atom. The molecule has 0 spiro atoms. The first-order valence-corrected chi connectivity index (χ1v) is 5.21. The molecule has 0 fully saturated rings. The molecule has 1 rings (SSSR count). The van der Waals surface area contributed by atoms with Gasteiger partial charge in [-0.3, -0.25) is 0 Å². The molecule has 0 aliphatic carbocycles. The Bertz CT molecular complexity index is 414. The van der Waals surface area contributed by atoms with Crippen molar-refractivity contribution in [3.63, 3.8) is 0 Å². The molecular formula is C12H15F3O3. The van der Waals surface area contributed by atoms with Gasteiger partial charge < -0.3 is 14.6 Å². The van der Waals surface area contributed by atoms with E-state index in [2.05, 4.69) is 0 Å². The van der Waals surface area contributed by atoms with Crippen LogP contribution in [0.5, 0.6) is 11.5 Å². The van der Waals surface area contributed by atoms with Crippen LogP contribution < -0.4 is 9.47 Å². The molecular weight excluding hydrogens is 249 g/mol. The summed E-state index contributed by atoms with van der Waals surface area (Å²) in [5.74, 6) is 0.751. The van der Waals surface area contributed by atoms with E-state index in [1.807, 2.05) is 0 Å². The van der Waals surface area contributed by atoms with Crippen molar-refractivity contribution in [1.29, 1.82) is 0 Å². The number of ether oxygens (including phenoxy) is 2. The fraction of sp³-hybridized carbons (Fsp3) is 0.500. The Labute approximate surface area is 103 Å². The quantitative estimate of drug-likeness (QED) is 0.908. The van der Waals surface area contributed by atoms with Gasteiger partial charge in [-0.25, -0.2) is 0 Å². The Morgan fingerprint density at radius 2 is 1.67 bits per heavy atom. The SMILES string of the molecule is COc1ccc(CC(C)(O)C(F)(F)F)cc1OC. The van der Waals surface area contributed by atoms with E-state index >= 15 is 0 Å². The topological polar surface area (TPSA) is 38.7 Å². The average Bonchev–Trinajstić information content (AvgIpc) is 2.26. The second kappa shape index (κ2) is 5.06. The number of hydrogen-bond donors (Lipinski definition) is 1. The molecule has 0 aliphatic rings. The molecule has 1 atom stereocenters. The van der Waals surface area contributed by atoms with Crippen molar-refractivity contribution < 1.29 is 27.8 Å². The van der Waals surface area contributed by atoms with Crippen molar-refractivity contribution in [3.05, 3.63) is 23.8 Å². The molecule has 1 aromatic rings. The third kappa shape index (κ3) is 3.07. The van der Waals surface area contributed by atoms with Gasteiger partial charge in [-0.05, 0) is 24.6 Å². The first-order valence-electron chi connectivity index (χ1n) is 5.21. The van der Waals surface area contributed by atoms with Crippen LogP contribution in [-0.4, -0.2) is 31.1 Å². The summed E-state index contributed by atoms with van der Waals surface area (Å²) in [4.78, 5) is 0. The zero-order valence-electron chi connectivity index (χ0n) is 10.3. The molecule has 0 aromatic heterocycles. The minimum atomic E-state index is -4.68. The van der Waals surface area contributed by atoms with Crippen LogP contribution in [0.1, 0.15) is 12.5 Å². The number of alkyl halides is 3. The van der Waals surface area contributed by atoms with Crippen LogP contribution in [-0.2, 0) is 6.42 Å². The van der Waals surface area contributed by atoms with E-state index in [-0.39, 0.29) is 0 Å². The molecule has 1 unspecified atom stereocenters. The van der Waals surface area contributed by atoms with Crippen LogP contribution in [0, 0.1) is 0 Å². The highest BCUT2D eigenvalue weighted by Crippen LogP contribution is 2.35. The third-order valence-electron chi connectivity index (χ3n) is 2.61. The van der Waals surface area contributed by atoms with Gasteiger partial charge >= 0.3 is 6.18 Å². The lowest BCUT2D eigenvalue weighted by molar-refractivity contribution is -0.252. The summed E-state index contributed by atoms with van der Waals surface area (Å²) in [5, 5.41) is 9.40. The average molecular weight is 264 g/mol. The van der Waals surface area contributed by atoms with Gasteiger partial charge in [0.25, 0.3) is 0 Å². The molecule has 0 saturated heterocycles. The number of halogens is 3. The van der Waals surface area contributed by atoms with E-state index in [4.69, 9.17) is 9.47 Å². The van der Waals surface area contributed by atoms with Crippen LogP contribution in [0.15, 0.2) is 18.2 Å². The van der Waals surface area contributed by atoms with Gasteiger partial charge in [0, 0.05) is 6.42 Å². The van der Waals surface area contributed by atoms with E-state index < -0.39 is 18.2 Å². The van der Waals surface area contributed by atoms with Crippen molar-refractivity contribution in [3.8, 4) is 11.5 Å². The van der Waals surface area contributed by atoms with E-state index in [0.29, 0.717) is 17.1 Å². The number of hydrogen-bond acceptors (Lipinski definition) is 3. The van der Waals surface area contributed by atoms with Crippen molar-refractivity contribution in [2.75, 3.05) is 14.2 Å². The monoisotopic (exact) mass is 264 g/mol. The molecule has 3 nitrogen and oxygen atoms in total. The molecule has 0 radical (unpaired) electrons. The second-order valence-electron chi connectivity index (χ2n) is 4.14. The lowest BCUT2D eigenvalue weighted by Gasteiger charge is -2.26. The molecule has 0 bridgehead atoms. The van der Waals surface area contributed by atoms with Crippen molar-refractivity contribution in [2.24, 2.45) is 0 Å². The Kier molecular flexibility index (Phi) is 4.11. The highest BCUT2D eigenvalue weighted by atomic mass is 19.4. The smallest absolute Gasteiger partial charge is 0.417 e. The van der Waals surface area contributed by atoms with E-state index in [1.54, 1.807) is 0 Å². The normalized spacial score (nSPS) is 15.1. The summed E-state index contributed by atoms with van der Waals surface area (Å²) in [5.41, 5.74) is -2.46. The molecule has 6 heteroatoms. The maximum absolute atomic E-state index is 12.5. The summed E-state index contributed by atoms with van der Waals surface area (Å²) in [6.45, 7) is 0.740. The van der Waals surface area contributed by atoms with Crippen molar-refractivity contribution in [2.45, 2.75) is 25.1 Å². The largest absolute Gasteiger partial charge is 0.493 e. The fourth-order valence-electron chi connectivity index (χ4n) is 1.49. The van der Waals surface area contributed by atoms with Gasteiger partial charge in [-0.1, -0.05) is 6.07 Å². The standard InChI is InChI=1S/C12H15F3O3/c1-11(16,12(13,14)15)7-8-4-5-9(17-2)10(6-8)18-3/h4-6,16H,7H2,1-3H3. The molecule has 102 valence electrons. The molecule has 0 saturated carbocycles. The highest BCUT2D eigenvalue weighted by molar-refractivity contribution is 5.43. The van der Waals surface area contributed by atoms with Crippen LogP contribution >= 0.6 is 0 Å². The van der Waals surface area contributed by atoms with Gasteiger partial charge in [-0.2, -0.15) is 13.2 Å². The Balaban J connectivity index is 2.99. The predicted octanol–water partition coefficient (Wildman–Crippen LogP) is 2.56. The predicted molar refractivity (Wildman–Crippen MR) is 59.9 cm³/mol. The van der Waals surface area contributed by atoms with E-state index in [0.717, 1.165) is 6.92 Å². The number of rotatable bonds is 4. The van der Waals surface area contributed by atoms with Gasteiger partial charge in [-0.15, -0.1) is 0 Å². The number of benzene rings is 1. The molecule has 0 aliphatic heterocycles. The van der Waals surface area contributed by atoms with Crippen LogP contribution in [0.4, 0.5) is 13.2 Å². The van der Waals surface area contributed by atoms with Crippen LogP contribution in [0.25, 0.3) is 0 Å². The summed E-state index contributed by atoms with van der Waals surface area (Å²) >= 11 is 0. The number of methoxy groups -OCH3 is 2. The fourth-order valence-corrected chi connectivity index (χ4v) is 1.49. The molecule has 0 heterocycles. The highest BCUT2D eigenvalue weighted by Gasteiger charge is 2.49. The summed E-state index contributed by atoms with van der Waals surface area (Å²) in [7, 11) is 2.83. The Hall–Kier alpha value is -1.43. The first kappa shape index (κ1) is 14.6. The van der Waals surface area contributed by atoms with Gasteiger partial charge in [0.15, 0.2) is 17.1 Å². The van der Waals surface area contributed by atoms with E-state index in [9.17, 15) is 18.3 Å². The minimum absolute atomic E-state index is 0.315. The summed E-state index contributed by atoms with van der Waals surface area (Å²) in [6, 6.07) is 4.38. The summed E-state index contributed by atoms with van der Waals surface area (Å²) in [6.07, 6.45) is -5.23. The number of aliphatic hydroxyl groups is 1. The third-order valence-corrected chi connectivity index (χ3v) is 2.61. The van der Waals surface area contributed by atoms with Crippen LogP contribution in [0.2, 0.25) is 0 Å². The van der Waals surface area contributed by atoms with Crippen LogP contribution in [0.3, 0.4) is 0 Å². The Morgan fingerprint density at radius 1 is 1.11 bits per heavy atom. The van der Waals surface area contributed by atoms with Crippen molar-refractivity contribution >= 4 is 0 Å². The first-order chi connectivity index (χ1) is 8.21. The second-order valence-corrected chi connectivity index (χ2v) is 4.14. The zero-order valence-corrected chi connectivity index (χ0v) is 10.3. The molecule has 1 N–H and O–H groups in total. The van der Waals surface area contributed by atoms with Gasteiger partial charge in [0.2, 0.25) is 0 Å². The van der Waals surface area contributed by atoms with E-state index in [1.165, 1.54) is 32.4 Å². The minimum Gasteiger partial charge on any atom is -0.493 e. The lowest BCUT2D eigenvalue weighted by atomic mass is 9.96. The molecule has 0 amide bonds. The lowest BCUT2D eigenvalue weighted by Crippen LogP contribution is -2.44. The molecule has 18 heavy (non-hydrogen) atoms.